The van der Waals surface area contributed by atoms with E-state index in [1.807, 2.05) is 4.90 Å². The summed E-state index contributed by atoms with van der Waals surface area (Å²) in [7, 11) is 0. The summed E-state index contributed by atoms with van der Waals surface area (Å²) in [5, 5.41) is 3.40. The lowest BCUT2D eigenvalue weighted by molar-refractivity contribution is -0.142. The van der Waals surface area contributed by atoms with Crippen molar-refractivity contribution >= 4 is 22.2 Å². The van der Waals surface area contributed by atoms with Crippen molar-refractivity contribution in [1.82, 2.24) is 4.90 Å². The highest BCUT2D eigenvalue weighted by Gasteiger charge is 2.37. The second-order valence-corrected chi connectivity index (χ2v) is 6.35. The molecule has 1 saturated heterocycles. The van der Waals surface area contributed by atoms with Crippen LogP contribution >= 0.6 is 11.3 Å². The van der Waals surface area contributed by atoms with Gasteiger partial charge in [0.25, 0.3) is 0 Å². The first kappa shape index (κ1) is 15.3. The fourth-order valence-corrected chi connectivity index (χ4v) is 3.63. The van der Waals surface area contributed by atoms with Gasteiger partial charge in [0.15, 0.2) is 0 Å². The van der Waals surface area contributed by atoms with Crippen LogP contribution in [-0.2, 0) is 4.79 Å². The van der Waals surface area contributed by atoms with Gasteiger partial charge in [-0.05, 0) is 30.4 Å². The molecule has 0 spiro atoms. The number of carbonyl (C=O) groups excluding carboxylic acids is 1. The highest BCUT2D eigenvalue weighted by molar-refractivity contribution is 7.14. The monoisotopic (exact) mass is 295 g/mol. The number of nitrogens with zero attached hydrogens (tertiary/aromatic N) is 2. The molecule has 0 aliphatic carbocycles. The maximum Gasteiger partial charge on any atom is 0.230 e. The number of thiophene rings is 1. The van der Waals surface area contributed by atoms with Crippen LogP contribution in [0.1, 0.15) is 26.7 Å². The van der Waals surface area contributed by atoms with Gasteiger partial charge in [-0.15, -0.1) is 11.3 Å². The first-order valence-electron chi connectivity index (χ1n) is 7.44. The summed E-state index contributed by atoms with van der Waals surface area (Å²) in [6, 6.07) is 4.22. The van der Waals surface area contributed by atoms with Crippen LogP contribution in [0.2, 0.25) is 0 Å². The van der Waals surface area contributed by atoms with E-state index in [0.717, 1.165) is 39.0 Å². The molecule has 1 aromatic heterocycles. The molecule has 0 saturated carbocycles. The smallest absolute Gasteiger partial charge is 0.230 e. The van der Waals surface area contributed by atoms with Gasteiger partial charge < -0.3 is 15.5 Å². The zero-order valence-corrected chi connectivity index (χ0v) is 13.3. The third-order valence-electron chi connectivity index (χ3n) is 4.58. The molecule has 2 heterocycles. The molecule has 20 heavy (non-hydrogen) atoms. The molecule has 1 fully saturated rings. The van der Waals surface area contributed by atoms with Gasteiger partial charge in [-0.1, -0.05) is 13.8 Å². The quantitative estimate of drug-likeness (QED) is 0.905. The Balaban J connectivity index is 1.98. The molecular formula is C15H25N3OS. The Labute approximate surface area is 125 Å². The number of nitrogens with two attached hydrogens (primary N) is 1. The van der Waals surface area contributed by atoms with Gasteiger partial charge >= 0.3 is 0 Å². The van der Waals surface area contributed by atoms with Crippen LogP contribution in [0.25, 0.3) is 0 Å². The molecule has 1 aliphatic rings. The lowest BCUT2D eigenvalue weighted by Gasteiger charge is -2.40. The average molecular weight is 295 g/mol. The van der Waals surface area contributed by atoms with Crippen molar-refractivity contribution in [2.75, 3.05) is 37.6 Å². The molecule has 0 aromatic carbocycles. The highest BCUT2D eigenvalue weighted by atomic mass is 32.1. The number of anilines is 1. The minimum absolute atomic E-state index is 0.246. The Hall–Kier alpha value is -1.07. The number of amides is 1. The van der Waals surface area contributed by atoms with Crippen LogP contribution in [0.3, 0.4) is 0 Å². The molecule has 1 aliphatic heterocycles. The second-order valence-electron chi connectivity index (χ2n) is 5.42. The van der Waals surface area contributed by atoms with Crippen molar-refractivity contribution in [1.29, 1.82) is 0 Å². The molecule has 0 bridgehead atoms. The first-order valence-corrected chi connectivity index (χ1v) is 8.32. The Morgan fingerprint density at radius 3 is 2.40 bits per heavy atom. The Bertz CT molecular complexity index is 412. The minimum atomic E-state index is -0.356. The lowest BCUT2D eigenvalue weighted by Crippen LogP contribution is -2.54. The number of piperazine rings is 1. The van der Waals surface area contributed by atoms with E-state index in [2.05, 4.69) is 36.3 Å². The molecule has 1 amide bonds. The van der Waals surface area contributed by atoms with E-state index in [9.17, 15) is 4.79 Å². The summed E-state index contributed by atoms with van der Waals surface area (Å²) in [5.74, 6) is 0.246. The third kappa shape index (κ3) is 2.83. The number of carbonyl (C=O) groups is 1. The SMILES string of the molecule is CCC(CC)(CN)C(=O)N1CCN(c2cccs2)CC1. The fraction of sp³-hybridized carbons (Fsp3) is 0.667. The van der Waals surface area contributed by atoms with Gasteiger partial charge in [0.1, 0.15) is 0 Å². The summed E-state index contributed by atoms with van der Waals surface area (Å²) >= 11 is 1.76. The van der Waals surface area contributed by atoms with E-state index in [-0.39, 0.29) is 11.3 Å². The molecule has 0 unspecified atom stereocenters. The predicted octanol–water partition coefficient (Wildman–Crippen LogP) is 2.16. The van der Waals surface area contributed by atoms with Crippen LogP contribution in [0.4, 0.5) is 5.00 Å². The van der Waals surface area contributed by atoms with Crippen molar-refractivity contribution in [3.8, 4) is 0 Å². The van der Waals surface area contributed by atoms with Gasteiger partial charge in [0.05, 0.1) is 10.4 Å². The maximum absolute atomic E-state index is 12.7. The molecule has 1 aromatic rings. The van der Waals surface area contributed by atoms with Crippen LogP contribution in [0, 0.1) is 5.41 Å². The predicted molar refractivity (Wildman–Crippen MR) is 85.2 cm³/mol. The van der Waals surface area contributed by atoms with Crippen LogP contribution in [-0.4, -0.2) is 43.5 Å². The highest BCUT2D eigenvalue weighted by Crippen LogP contribution is 2.29. The third-order valence-corrected chi connectivity index (χ3v) is 5.51. The molecule has 4 nitrogen and oxygen atoms in total. The fourth-order valence-electron chi connectivity index (χ4n) is 2.84. The molecule has 2 N–H and O–H groups in total. The van der Waals surface area contributed by atoms with Crippen molar-refractivity contribution in [2.24, 2.45) is 11.1 Å². The second kappa shape index (κ2) is 6.59. The van der Waals surface area contributed by atoms with Crippen LogP contribution in [0.15, 0.2) is 17.5 Å². The summed E-state index contributed by atoms with van der Waals surface area (Å²) in [4.78, 5) is 17.1. The Morgan fingerprint density at radius 1 is 1.30 bits per heavy atom. The number of rotatable bonds is 5. The van der Waals surface area contributed by atoms with Gasteiger partial charge in [-0.3, -0.25) is 4.79 Å². The average Bonchev–Trinajstić information content (AvgIpc) is 3.04. The Kier molecular flexibility index (Phi) is 5.05. The van der Waals surface area contributed by atoms with Gasteiger partial charge in [0.2, 0.25) is 5.91 Å². The van der Waals surface area contributed by atoms with E-state index in [1.165, 1.54) is 5.00 Å². The molecular weight excluding hydrogens is 270 g/mol. The zero-order chi connectivity index (χ0) is 14.6. The minimum Gasteiger partial charge on any atom is -0.360 e. The van der Waals surface area contributed by atoms with Crippen LogP contribution < -0.4 is 10.6 Å². The van der Waals surface area contributed by atoms with Gasteiger partial charge in [-0.2, -0.15) is 0 Å². The van der Waals surface area contributed by atoms with Crippen LogP contribution in [0.5, 0.6) is 0 Å². The molecule has 0 radical (unpaired) electrons. The van der Waals surface area contributed by atoms with E-state index >= 15 is 0 Å². The van der Waals surface area contributed by atoms with Crippen molar-refractivity contribution < 1.29 is 4.79 Å². The zero-order valence-electron chi connectivity index (χ0n) is 12.5. The standard InChI is InChI=1S/C15H25N3OS/c1-3-15(4-2,12-16)14(19)18-9-7-17(8-10-18)13-6-5-11-20-13/h5-6,11H,3-4,7-10,12,16H2,1-2H3. The normalized spacial score (nSPS) is 16.6. The van der Waals surface area contributed by atoms with Crippen molar-refractivity contribution in [3.05, 3.63) is 17.5 Å². The summed E-state index contributed by atoms with van der Waals surface area (Å²) in [5.41, 5.74) is 5.53. The van der Waals surface area contributed by atoms with E-state index in [0.29, 0.717) is 6.54 Å². The molecule has 112 valence electrons. The summed E-state index contributed by atoms with van der Waals surface area (Å²) < 4.78 is 0. The molecule has 5 heteroatoms. The van der Waals surface area contributed by atoms with E-state index in [4.69, 9.17) is 5.73 Å². The van der Waals surface area contributed by atoms with E-state index in [1.54, 1.807) is 11.3 Å². The maximum atomic E-state index is 12.7. The lowest BCUT2D eigenvalue weighted by atomic mass is 9.81. The van der Waals surface area contributed by atoms with Gasteiger partial charge in [0, 0.05) is 32.7 Å². The molecule has 0 atom stereocenters. The topological polar surface area (TPSA) is 49.6 Å². The summed E-state index contributed by atoms with van der Waals surface area (Å²) in [6.45, 7) is 8.02. The summed E-state index contributed by atoms with van der Waals surface area (Å²) in [6.07, 6.45) is 1.65. The van der Waals surface area contributed by atoms with Crippen molar-refractivity contribution in [2.45, 2.75) is 26.7 Å². The number of hydrogen-bond acceptors (Lipinski definition) is 4. The first-order chi connectivity index (χ1) is 9.66. The molecule has 2 rings (SSSR count). The largest absolute Gasteiger partial charge is 0.360 e. The Morgan fingerprint density at radius 2 is 1.95 bits per heavy atom. The van der Waals surface area contributed by atoms with E-state index < -0.39 is 0 Å². The van der Waals surface area contributed by atoms with Gasteiger partial charge in [-0.25, -0.2) is 0 Å². The van der Waals surface area contributed by atoms with Crippen molar-refractivity contribution in [3.63, 3.8) is 0 Å². The number of hydrogen-bond donors (Lipinski definition) is 1.